The summed E-state index contributed by atoms with van der Waals surface area (Å²) in [5.41, 5.74) is 0.457. The first-order valence-electron chi connectivity index (χ1n) is 5.61. The van der Waals surface area contributed by atoms with Gasteiger partial charge in [-0.3, -0.25) is 0 Å². The second kappa shape index (κ2) is 6.84. The van der Waals surface area contributed by atoms with Crippen LogP contribution in [-0.4, -0.2) is 30.3 Å². The molecule has 0 saturated heterocycles. The zero-order chi connectivity index (χ0) is 14.4. The lowest BCUT2D eigenvalue weighted by Gasteiger charge is -2.13. The number of nitrogens with one attached hydrogen (secondary N) is 2. The Balaban J connectivity index is 2.69. The van der Waals surface area contributed by atoms with E-state index in [9.17, 15) is 9.59 Å². The maximum Gasteiger partial charge on any atom is 0.326 e. The van der Waals surface area contributed by atoms with E-state index in [2.05, 4.69) is 10.6 Å². The molecule has 6 nitrogen and oxygen atoms in total. The predicted molar refractivity (Wildman–Crippen MR) is 71.9 cm³/mol. The molecule has 1 rings (SSSR count). The number of ether oxygens (including phenoxy) is 1. The van der Waals surface area contributed by atoms with Gasteiger partial charge in [0.1, 0.15) is 11.8 Å². The maximum absolute atomic E-state index is 11.6. The van der Waals surface area contributed by atoms with Crippen LogP contribution in [-0.2, 0) is 4.79 Å². The number of hydrogen-bond donors (Lipinski definition) is 3. The molecule has 2 amide bonds. The Labute approximate surface area is 115 Å². The van der Waals surface area contributed by atoms with E-state index in [1.807, 2.05) is 0 Å². The molecule has 3 N–H and O–H groups in total. The summed E-state index contributed by atoms with van der Waals surface area (Å²) >= 11 is 5.85. The lowest BCUT2D eigenvalue weighted by molar-refractivity contribution is -0.139. The van der Waals surface area contributed by atoms with Gasteiger partial charge in [-0.15, -0.1) is 0 Å². The Morgan fingerprint density at radius 1 is 1.47 bits per heavy atom. The molecular weight excluding hydrogens is 272 g/mol. The van der Waals surface area contributed by atoms with Gasteiger partial charge in [0.2, 0.25) is 0 Å². The predicted octanol–water partition coefficient (Wildman–Crippen LogP) is 2.33. The van der Waals surface area contributed by atoms with Crippen LogP contribution >= 0.6 is 11.6 Å². The van der Waals surface area contributed by atoms with Crippen LogP contribution in [0.15, 0.2) is 18.2 Å². The van der Waals surface area contributed by atoms with Crippen LogP contribution in [0.25, 0.3) is 0 Å². The number of amides is 2. The summed E-state index contributed by atoms with van der Waals surface area (Å²) < 4.78 is 5.01. The van der Waals surface area contributed by atoms with Crippen LogP contribution in [0.1, 0.15) is 13.3 Å². The topological polar surface area (TPSA) is 87.7 Å². The zero-order valence-corrected chi connectivity index (χ0v) is 11.3. The van der Waals surface area contributed by atoms with Crippen molar-refractivity contribution < 1.29 is 19.4 Å². The van der Waals surface area contributed by atoms with E-state index in [4.69, 9.17) is 21.4 Å². The molecule has 0 spiro atoms. The highest BCUT2D eigenvalue weighted by molar-refractivity contribution is 6.32. The SMILES string of the molecule is CC[C@H](NC(=O)Nc1ccc(Cl)c(OC)c1)C(=O)O. The molecule has 0 heterocycles. The molecule has 0 aliphatic rings. The molecule has 1 aromatic carbocycles. The number of urea groups is 1. The normalized spacial score (nSPS) is 11.5. The minimum absolute atomic E-state index is 0.298. The maximum atomic E-state index is 11.6. The van der Waals surface area contributed by atoms with E-state index in [1.54, 1.807) is 25.1 Å². The van der Waals surface area contributed by atoms with Gasteiger partial charge < -0.3 is 20.5 Å². The van der Waals surface area contributed by atoms with Gasteiger partial charge in [0, 0.05) is 11.8 Å². The van der Waals surface area contributed by atoms with Gasteiger partial charge in [-0.1, -0.05) is 18.5 Å². The van der Waals surface area contributed by atoms with Crippen molar-refractivity contribution in [3.05, 3.63) is 23.2 Å². The van der Waals surface area contributed by atoms with Gasteiger partial charge in [-0.2, -0.15) is 0 Å². The number of benzene rings is 1. The standard InChI is InChI=1S/C12H15ClN2O4/c1-3-9(11(16)17)15-12(18)14-7-4-5-8(13)10(6-7)19-2/h4-6,9H,3H2,1-2H3,(H,16,17)(H2,14,15,18)/t9-/m0/s1. The summed E-state index contributed by atoms with van der Waals surface area (Å²) in [6.45, 7) is 1.67. The Kier molecular flexibility index (Phi) is 5.44. The van der Waals surface area contributed by atoms with E-state index >= 15 is 0 Å². The number of carbonyl (C=O) groups excluding carboxylic acids is 1. The van der Waals surface area contributed by atoms with Crippen LogP contribution in [0.4, 0.5) is 10.5 Å². The Morgan fingerprint density at radius 2 is 2.16 bits per heavy atom. The first-order valence-corrected chi connectivity index (χ1v) is 5.99. The fourth-order valence-electron chi connectivity index (χ4n) is 1.40. The molecule has 1 atom stereocenters. The fraction of sp³-hybridized carbons (Fsp3) is 0.333. The van der Waals surface area contributed by atoms with Crippen LogP contribution in [0.3, 0.4) is 0 Å². The van der Waals surface area contributed by atoms with Gasteiger partial charge in [0.05, 0.1) is 12.1 Å². The number of methoxy groups -OCH3 is 1. The summed E-state index contributed by atoms with van der Waals surface area (Å²) in [4.78, 5) is 22.4. The van der Waals surface area contributed by atoms with Crippen LogP contribution < -0.4 is 15.4 Å². The number of aliphatic carboxylic acids is 1. The molecule has 0 bridgehead atoms. The van der Waals surface area contributed by atoms with Gasteiger partial charge in [-0.05, 0) is 18.6 Å². The molecule has 0 aliphatic heterocycles. The highest BCUT2D eigenvalue weighted by Gasteiger charge is 2.17. The minimum atomic E-state index is -1.08. The molecule has 0 aliphatic carbocycles. The molecular formula is C12H15ClN2O4. The molecule has 104 valence electrons. The number of carboxylic acid groups (broad SMARTS) is 1. The Bertz CT molecular complexity index is 479. The largest absolute Gasteiger partial charge is 0.495 e. The highest BCUT2D eigenvalue weighted by atomic mass is 35.5. The van der Waals surface area contributed by atoms with Gasteiger partial charge in [0.25, 0.3) is 0 Å². The average molecular weight is 287 g/mol. The van der Waals surface area contributed by atoms with E-state index in [0.717, 1.165) is 0 Å². The number of halogens is 1. The molecule has 0 radical (unpaired) electrons. The third-order valence-corrected chi connectivity index (χ3v) is 2.73. The van der Waals surface area contributed by atoms with Crippen LogP contribution in [0.5, 0.6) is 5.75 Å². The van der Waals surface area contributed by atoms with Crippen molar-refractivity contribution in [2.45, 2.75) is 19.4 Å². The van der Waals surface area contributed by atoms with Crippen molar-refractivity contribution in [2.75, 3.05) is 12.4 Å². The second-order valence-electron chi connectivity index (χ2n) is 3.75. The minimum Gasteiger partial charge on any atom is -0.495 e. The molecule has 7 heteroatoms. The van der Waals surface area contributed by atoms with Crippen molar-refractivity contribution in [2.24, 2.45) is 0 Å². The number of anilines is 1. The van der Waals surface area contributed by atoms with Crippen molar-refractivity contribution in [3.8, 4) is 5.75 Å². The zero-order valence-electron chi connectivity index (χ0n) is 10.6. The fourth-order valence-corrected chi connectivity index (χ4v) is 1.60. The molecule has 1 aromatic rings. The van der Waals surface area contributed by atoms with Gasteiger partial charge >= 0.3 is 12.0 Å². The van der Waals surface area contributed by atoms with Gasteiger partial charge in [-0.25, -0.2) is 9.59 Å². The lowest BCUT2D eigenvalue weighted by Crippen LogP contribution is -2.42. The Morgan fingerprint density at radius 3 is 2.68 bits per heavy atom. The monoisotopic (exact) mass is 286 g/mol. The molecule has 0 saturated carbocycles. The average Bonchev–Trinajstić information content (AvgIpc) is 2.37. The van der Waals surface area contributed by atoms with Crippen molar-refractivity contribution >= 4 is 29.3 Å². The summed E-state index contributed by atoms with van der Waals surface area (Å²) in [5.74, 6) is -0.656. The Hall–Kier alpha value is -1.95. The van der Waals surface area contributed by atoms with E-state index < -0.39 is 18.0 Å². The van der Waals surface area contributed by atoms with E-state index in [0.29, 0.717) is 22.9 Å². The molecule has 0 fully saturated rings. The van der Waals surface area contributed by atoms with Crippen molar-refractivity contribution in [1.29, 1.82) is 0 Å². The third-order valence-electron chi connectivity index (χ3n) is 2.42. The first kappa shape index (κ1) is 15.1. The highest BCUT2D eigenvalue weighted by Crippen LogP contribution is 2.27. The van der Waals surface area contributed by atoms with Gasteiger partial charge in [0.15, 0.2) is 0 Å². The van der Waals surface area contributed by atoms with Crippen LogP contribution in [0, 0.1) is 0 Å². The molecule has 19 heavy (non-hydrogen) atoms. The lowest BCUT2D eigenvalue weighted by atomic mass is 10.2. The second-order valence-corrected chi connectivity index (χ2v) is 4.15. The summed E-state index contributed by atoms with van der Waals surface area (Å²) in [7, 11) is 1.46. The van der Waals surface area contributed by atoms with E-state index in [1.165, 1.54) is 7.11 Å². The summed E-state index contributed by atoms with van der Waals surface area (Å²) in [5, 5.41) is 14.1. The van der Waals surface area contributed by atoms with Crippen molar-refractivity contribution in [1.82, 2.24) is 5.32 Å². The smallest absolute Gasteiger partial charge is 0.326 e. The van der Waals surface area contributed by atoms with Crippen molar-refractivity contribution in [3.63, 3.8) is 0 Å². The quantitative estimate of drug-likeness (QED) is 0.775. The first-order chi connectivity index (χ1) is 8.97. The summed E-state index contributed by atoms with van der Waals surface area (Å²) in [6.07, 6.45) is 0.298. The van der Waals surface area contributed by atoms with E-state index in [-0.39, 0.29) is 0 Å². The number of hydrogen-bond acceptors (Lipinski definition) is 3. The molecule has 0 unspecified atom stereocenters. The number of rotatable bonds is 5. The summed E-state index contributed by atoms with van der Waals surface area (Å²) in [6, 6.07) is 3.19. The third kappa shape index (κ3) is 4.33. The number of carboxylic acids is 1. The molecule has 0 aromatic heterocycles. The number of carbonyl (C=O) groups is 2. The van der Waals surface area contributed by atoms with Crippen LogP contribution in [0.2, 0.25) is 5.02 Å².